The van der Waals surface area contributed by atoms with Gasteiger partial charge >= 0.3 is 21.7 Å². The summed E-state index contributed by atoms with van der Waals surface area (Å²) in [6, 6.07) is 16.7. The Kier molecular flexibility index (Phi) is 17.0. The Morgan fingerprint density at radius 2 is 1.09 bits per heavy atom. The number of aromatic hydroxyl groups is 1. The molecule has 0 atom stereocenters. The fraction of sp³-hybridized carbons (Fsp3) is 0.346. The zero-order valence-corrected chi connectivity index (χ0v) is 23.7. The van der Waals surface area contributed by atoms with E-state index < -0.39 is 29.1 Å². The fourth-order valence-corrected chi connectivity index (χ4v) is 2.75. The van der Waals surface area contributed by atoms with Gasteiger partial charge in [0, 0.05) is 11.6 Å². The molecule has 0 saturated heterocycles. The molecule has 0 amide bonds. The van der Waals surface area contributed by atoms with Crippen molar-refractivity contribution in [2.75, 3.05) is 0 Å². The van der Waals surface area contributed by atoms with Crippen LogP contribution in [0.4, 0.5) is 22.0 Å². The Morgan fingerprint density at radius 1 is 0.743 bits per heavy atom. The monoisotopic (exact) mass is 570 g/mol. The van der Waals surface area contributed by atoms with Crippen molar-refractivity contribution in [1.29, 1.82) is 0 Å². The standard InChI is InChI=1S/C15H24O.C6H5.C5F5.2ClH.Ti/c1-10-8-11(14(2,3)4)13(16)12(9-10)15(5,6)7;1-2-4-6-5-3-1;6-1-2(7)4(9)5(10)3(1)8;;;/h8-9,16H,1-7H3;1-5H;;2*1H;/q;2*-1;;;+4/p-2. The predicted octanol–water partition coefficient (Wildman–Crippen LogP) is 1.89. The summed E-state index contributed by atoms with van der Waals surface area (Å²) in [5.74, 6) is -10.1. The van der Waals surface area contributed by atoms with Crippen LogP contribution in [0.5, 0.6) is 5.75 Å². The number of phenols is 1. The zero-order chi connectivity index (χ0) is 24.9. The van der Waals surface area contributed by atoms with E-state index in [1.165, 1.54) is 5.56 Å². The molecule has 0 bridgehead atoms. The molecule has 1 N–H and O–H groups in total. The van der Waals surface area contributed by atoms with Crippen LogP contribution in [0.25, 0.3) is 0 Å². The number of phenolic OH excluding ortho intramolecular Hbond substituents is 1. The molecule has 0 heterocycles. The van der Waals surface area contributed by atoms with Crippen LogP contribution in [-0.4, -0.2) is 5.11 Å². The van der Waals surface area contributed by atoms with Crippen LogP contribution < -0.4 is 24.8 Å². The van der Waals surface area contributed by atoms with E-state index >= 15 is 0 Å². The molecule has 35 heavy (non-hydrogen) atoms. The normalized spacial score (nSPS) is 10.3. The zero-order valence-electron chi connectivity index (χ0n) is 20.6. The van der Waals surface area contributed by atoms with Crippen LogP contribution in [0.15, 0.2) is 42.5 Å². The molecule has 192 valence electrons. The van der Waals surface area contributed by atoms with Crippen molar-refractivity contribution in [3.63, 3.8) is 0 Å². The summed E-state index contributed by atoms with van der Waals surface area (Å²) in [6.07, 6.45) is 0. The van der Waals surface area contributed by atoms with Crippen molar-refractivity contribution < 1.29 is 73.6 Å². The predicted molar refractivity (Wildman–Crippen MR) is 117 cm³/mol. The van der Waals surface area contributed by atoms with Crippen molar-refractivity contribution in [3.8, 4) is 5.75 Å². The first-order valence-electron chi connectivity index (χ1n) is 9.98. The minimum absolute atomic E-state index is 0. The minimum atomic E-state index is -2.12. The molecule has 3 aromatic rings. The molecular weight excluding hydrogens is 542 g/mol. The summed E-state index contributed by atoms with van der Waals surface area (Å²) in [5.41, 5.74) is 3.26. The Labute approximate surface area is 232 Å². The molecular formula is C26H29Cl2F5OTi. The van der Waals surface area contributed by atoms with Crippen LogP contribution in [-0.2, 0) is 32.5 Å². The van der Waals surface area contributed by atoms with Gasteiger partial charge in [-0.2, -0.15) is 36.4 Å². The molecule has 0 radical (unpaired) electrons. The van der Waals surface area contributed by atoms with Crippen LogP contribution in [0.2, 0.25) is 0 Å². The number of aryl methyl sites for hydroxylation is 1. The molecule has 0 aliphatic rings. The summed E-state index contributed by atoms with van der Waals surface area (Å²) < 4.78 is 58.9. The van der Waals surface area contributed by atoms with Crippen LogP contribution >= 0.6 is 0 Å². The van der Waals surface area contributed by atoms with Crippen molar-refractivity contribution in [2.24, 2.45) is 0 Å². The van der Waals surface area contributed by atoms with Crippen molar-refractivity contribution in [2.45, 2.75) is 59.3 Å². The first kappa shape index (κ1) is 38.1. The van der Waals surface area contributed by atoms with E-state index in [1.807, 2.05) is 30.3 Å². The van der Waals surface area contributed by atoms with E-state index in [-0.39, 0.29) is 57.4 Å². The second-order valence-electron chi connectivity index (χ2n) is 9.36. The Hall–Kier alpha value is -1.47. The molecule has 9 heteroatoms. The Morgan fingerprint density at radius 3 is 1.26 bits per heavy atom. The summed E-state index contributed by atoms with van der Waals surface area (Å²) in [4.78, 5) is 0. The summed E-state index contributed by atoms with van der Waals surface area (Å²) in [7, 11) is 0. The molecule has 0 aromatic heterocycles. The molecule has 0 spiro atoms. The van der Waals surface area contributed by atoms with E-state index in [0.717, 1.165) is 11.1 Å². The molecule has 3 rings (SSSR count). The third-order valence-corrected chi connectivity index (χ3v) is 4.44. The maximum Gasteiger partial charge on any atom is 4.00 e. The molecule has 1 nitrogen and oxygen atoms in total. The fourth-order valence-electron chi connectivity index (χ4n) is 2.75. The maximum atomic E-state index is 11.8. The average molecular weight is 571 g/mol. The van der Waals surface area contributed by atoms with Gasteiger partial charge in [0.15, 0.2) is 0 Å². The van der Waals surface area contributed by atoms with Gasteiger partial charge in [-0.25, -0.2) is 8.78 Å². The van der Waals surface area contributed by atoms with Gasteiger partial charge in [-0.1, -0.05) is 59.2 Å². The molecule has 0 saturated carbocycles. The summed E-state index contributed by atoms with van der Waals surface area (Å²) in [6.45, 7) is 14.9. The number of benzene rings is 2. The third kappa shape index (κ3) is 11.0. The van der Waals surface area contributed by atoms with Crippen molar-refractivity contribution >= 4 is 0 Å². The largest absolute Gasteiger partial charge is 4.00 e. The van der Waals surface area contributed by atoms with Gasteiger partial charge in [-0.05, 0) is 28.9 Å². The van der Waals surface area contributed by atoms with Crippen LogP contribution in [0.3, 0.4) is 0 Å². The molecule has 0 aliphatic heterocycles. The minimum Gasteiger partial charge on any atom is -1.00 e. The van der Waals surface area contributed by atoms with E-state index in [9.17, 15) is 27.1 Å². The number of hydrogen-bond donors (Lipinski definition) is 1. The van der Waals surface area contributed by atoms with E-state index in [1.54, 1.807) is 0 Å². The Bertz CT molecular complexity index is 885. The number of halogens is 7. The summed E-state index contributed by atoms with van der Waals surface area (Å²) >= 11 is 0. The van der Waals surface area contributed by atoms with Gasteiger partial charge in [0.25, 0.3) is 0 Å². The van der Waals surface area contributed by atoms with Crippen molar-refractivity contribution in [3.05, 3.63) is 94.3 Å². The van der Waals surface area contributed by atoms with Gasteiger partial charge in [-0.3, -0.25) is 13.2 Å². The molecule has 3 aromatic carbocycles. The number of rotatable bonds is 0. The van der Waals surface area contributed by atoms with Gasteiger partial charge < -0.3 is 29.9 Å². The van der Waals surface area contributed by atoms with Crippen molar-refractivity contribution in [1.82, 2.24) is 0 Å². The average Bonchev–Trinajstić information content (AvgIpc) is 2.88. The van der Waals surface area contributed by atoms with Gasteiger partial charge in [0.1, 0.15) is 5.75 Å². The van der Waals surface area contributed by atoms with E-state index in [4.69, 9.17) is 0 Å². The van der Waals surface area contributed by atoms with E-state index in [0.29, 0.717) is 5.75 Å². The third-order valence-electron chi connectivity index (χ3n) is 4.44. The molecule has 0 fully saturated rings. The van der Waals surface area contributed by atoms with Gasteiger partial charge in [0.2, 0.25) is 0 Å². The second-order valence-corrected chi connectivity index (χ2v) is 9.36. The Balaban J connectivity index is -0.000000464. The SMILES string of the molecule is Cc1cc(C(C)(C)C)c(O)c(C(C)(C)C)c1.Fc1c(F)c(F)[c-](F)c1F.[Cl-].[Cl-].[Ti+4].[c-]1ccccc1. The van der Waals surface area contributed by atoms with Gasteiger partial charge in [0.05, 0.1) is 17.5 Å². The summed E-state index contributed by atoms with van der Waals surface area (Å²) in [5, 5.41) is 10.4. The first-order valence-corrected chi connectivity index (χ1v) is 9.98. The quantitative estimate of drug-likeness (QED) is 0.249. The smallest absolute Gasteiger partial charge is 1.00 e. The maximum absolute atomic E-state index is 11.8. The second kappa shape index (κ2) is 15.6. The number of hydrogen-bond acceptors (Lipinski definition) is 1. The van der Waals surface area contributed by atoms with Crippen LogP contribution in [0.1, 0.15) is 58.2 Å². The van der Waals surface area contributed by atoms with Gasteiger partial charge in [-0.15, -0.1) is 0 Å². The molecule has 0 unspecified atom stereocenters. The molecule has 0 aliphatic carbocycles. The van der Waals surface area contributed by atoms with Crippen LogP contribution in [0, 0.1) is 42.1 Å². The topological polar surface area (TPSA) is 20.2 Å². The van der Waals surface area contributed by atoms with E-state index in [2.05, 4.69) is 66.7 Å². The first-order chi connectivity index (χ1) is 14.6.